The molecule has 1 N–H and O–H groups in total. The molecule has 0 saturated carbocycles. The van der Waals surface area contributed by atoms with Crippen molar-refractivity contribution in [2.24, 2.45) is 16.2 Å². The Labute approximate surface area is 132 Å². The molecule has 0 spiro atoms. The zero-order chi connectivity index (χ0) is 16.7. The van der Waals surface area contributed by atoms with Gasteiger partial charge in [-0.1, -0.05) is 54.9 Å². The average molecular weight is 299 g/mol. The maximum atomic E-state index is 12.6. The molecule has 0 rings (SSSR count). The van der Waals surface area contributed by atoms with Gasteiger partial charge in [-0.25, -0.2) is 0 Å². The number of hydrogen-bond acceptors (Lipinski definition) is 3. The maximum Gasteiger partial charge on any atom is 0.312 e. The summed E-state index contributed by atoms with van der Waals surface area (Å²) >= 11 is 0. The fraction of sp³-hybridized carbons (Fsp3) is 0.944. The zero-order valence-corrected chi connectivity index (χ0v) is 15.6. The normalized spacial score (nSPS) is 15.6. The van der Waals surface area contributed by atoms with Gasteiger partial charge in [0.05, 0.1) is 5.41 Å². The third-order valence-corrected chi connectivity index (χ3v) is 4.21. The second-order valence-corrected chi connectivity index (χ2v) is 8.56. The molecule has 0 fully saturated rings. The first-order chi connectivity index (χ1) is 9.44. The van der Waals surface area contributed by atoms with Crippen molar-refractivity contribution in [1.29, 1.82) is 0 Å². The number of ether oxygens (including phenoxy) is 1. The minimum absolute atomic E-state index is 0.0674. The third-order valence-electron chi connectivity index (χ3n) is 4.21. The highest BCUT2D eigenvalue weighted by molar-refractivity contribution is 5.77. The van der Waals surface area contributed by atoms with Crippen LogP contribution in [0.4, 0.5) is 0 Å². The van der Waals surface area contributed by atoms with E-state index in [1.54, 1.807) is 0 Å². The molecule has 0 aromatic rings. The summed E-state index contributed by atoms with van der Waals surface area (Å²) in [5.74, 6) is -0.0674. The van der Waals surface area contributed by atoms with E-state index < -0.39 is 5.41 Å². The molecule has 0 amide bonds. The van der Waals surface area contributed by atoms with Crippen molar-refractivity contribution >= 4 is 5.97 Å². The van der Waals surface area contributed by atoms with Crippen LogP contribution in [0.3, 0.4) is 0 Å². The summed E-state index contributed by atoms with van der Waals surface area (Å²) in [6.07, 6.45) is 3.17. The Morgan fingerprint density at radius 3 is 2.00 bits per heavy atom. The Hall–Kier alpha value is -0.570. The molecule has 0 heterocycles. The van der Waals surface area contributed by atoms with Gasteiger partial charge in [-0.15, -0.1) is 0 Å². The second kappa shape index (κ2) is 8.17. The van der Waals surface area contributed by atoms with Gasteiger partial charge in [0.1, 0.15) is 6.61 Å². The molecular weight excluding hydrogens is 262 g/mol. The number of unbranched alkanes of at least 4 members (excludes halogenated alkanes) is 1. The van der Waals surface area contributed by atoms with Gasteiger partial charge in [-0.2, -0.15) is 0 Å². The van der Waals surface area contributed by atoms with Crippen molar-refractivity contribution in [2.45, 2.75) is 74.7 Å². The topological polar surface area (TPSA) is 38.3 Å². The fourth-order valence-electron chi connectivity index (χ4n) is 2.51. The van der Waals surface area contributed by atoms with Crippen molar-refractivity contribution in [1.82, 2.24) is 5.32 Å². The van der Waals surface area contributed by atoms with Crippen molar-refractivity contribution in [2.75, 3.05) is 19.7 Å². The van der Waals surface area contributed by atoms with E-state index in [1.807, 2.05) is 6.92 Å². The molecule has 0 aliphatic carbocycles. The zero-order valence-electron chi connectivity index (χ0n) is 15.6. The molecule has 0 aromatic heterocycles. The van der Waals surface area contributed by atoms with Crippen LogP contribution in [-0.2, 0) is 9.53 Å². The van der Waals surface area contributed by atoms with Crippen LogP contribution in [0.5, 0.6) is 0 Å². The third kappa shape index (κ3) is 7.30. The van der Waals surface area contributed by atoms with Crippen LogP contribution in [0.1, 0.15) is 74.7 Å². The summed E-state index contributed by atoms with van der Waals surface area (Å²) in [4.78, 5) is 12.6. The monoisotopic (exact) mass is 299 g/mol. The average Bonchev–Trinajstić information content (AvgIpc) is 2.29. The lowest BCUT2D eigenvalue weighted by atomic mass is 9.61. The van der Waals surface area contributed by atoms with Gasteiger partial charge in [0.2, 0.25) is 0 Å². The molecule has 0 aromatic carbocycles. The van der Waals surface area contributed by atoms with Crippen molar-refractivity contribution < 1.29 is 9.53 Å². The Bertz CT molecular complexity index is 312. The maximum absolute atomic E-state index is 12.6. The number of rotatable bonds is 8. The van der Waals surface area contributed by atoms with Gasteiger partial charge in [0.15, 0.2) is 0 Å². The lowest BCUT2D eigenvalue weighted by molar-refractivity contribution is -0.164. The summed E-state index contributed by atoms with van der Waals surface area (Å²) in [5, 5.41) is 3.30. The van der Waals surface area contributed by atoms with Crippen LogP contribution in [0.15, 0.2) is 0 Å². The molecule has 0 aliphatic heterocycles. The van der Waals surface area contributed by atoms with E-state index in [4.69, 9.17) is 4.74 Å². The largest absolute Gasteiger partial charge is 0.464 e. The van der Waals surface area contributed by atoms with Crippen LogP contribution < -0.4 is 5.32 Å². The Morgan fingerprint density at radius 1 is 1.00 bits per heavy atom. The standard InChI is InChI=1S/C18H37NO2/c1-9-10-11-19-12-13-21-15(20)18(8,17(5,6)7)14-16(2,3)4/h19H,9-14H2,1-8H3. The number of nitrogens with one attached hydrogen (secondary N) is 1. The van der Waals surface area contributed by atoms with E-state index in [0.717, 1.165) is 25.9 Å². The van der Waals surface area contributed by atoms with Gasteiger partial charge in [0, 0.05) is 6.54 Å². The summed E-state index contributed by atoms with van der Waals surface area (Å²) in [7, 11) is 0. The van der Waals surface area contributed by atoms with E-state index in [2.05, 4.69) is 53.8 Å². The number of carbonyl (C=O) groups excluding carboxylic acids is 1. The Kier molecular flexibility index (Phi) is 7.94. The van der Waals surface area contributed by atoms with E-state index in [1.165, 1.54) is 6.42 Å². The molecule has 3 nitrogen and oxygen atoms in total. The Balaban J connectivity index is 4.55. The highest BCUT2D eigenvalue weighted by atomic mass is 16.5. The van der Waals surface area contributed by atoms with Gasteiger partial charge in [-0.05, 0) is 37.1 Å². The van der Waals surface area contributed by atoms with Gasteiger partial charge < -0.3 is 10.1 Å². The molecule has 1 atom stereocenters. The van der Waals surface area contributed by atoms with Crippen molar-refractivity contribution in [3.63, 3.8) is 0 Å². The molecular formula is C18H37NO2. The van der Waals surface area contributed by atoms with Crippen LogP contribution in [-0.4, -0.2) is 25.7 Å². The van der Waals surface area contributed by atoms with E-state index >= 15 is 0 Å². The predicted octanol–water partition coefficient (Wildman–Crippen LogP) is 4.41. The number of carbonyl (C=O) groups is 1. The molecule has 0 radical (unpaired) electrons. The van der Waals surface area contributed by atoms with Crippen molar-refractivity contribution in [3.05, 3.63) is 0 Å². The Morgan fingerprint density at radius 2 is 1.57 bits per heavy atom. The number of hydrogen-bond donors (Lipinski definition) is 1. The SMILES string of the molecule is CCCCNCCOC(=O)C(C)(CC(C)(C)C)C(C)(C)C. The smallest absolute Gasteiger partial charge is 0.312 e. The predicted molar refractivity (Wildman–Crippen MR) is 90.4 cm³/mol. The van der Waals surface area contributed by atoms with E-state index in [-0.39, 0.29) is 16.8 Å². The lowest BCUT2D eigenvalue weighted by Gasteiger charge is -2.43. The summed E-state index contributed by atoms with van der Waals surface area (Å²) in [6, 6.07) is 0. The molecule has 3 heteroatoms. The van der Waals surface area contributed by atoms with E-state index in [9.17, 15) is 4.79 Å². The van der Waals surface area contributed by atoms with Crippen LogP contribution in [0.25, 0.3) is 0 Å². The van der Waals surface area contributed by atoms with Crippen molar-refractivity contribution in [3.8, 4) is 0 Å². The first-order valence-electron chi connectivity index (χ1n) is 8.32. The number of esters is 1. The van der Waals surface area contributed by atoms with Gasteiger partial charge >= 0.3 is 5.97 Å². The minimum atomic E-state index is -0.464. The highest BCUT2D eigenvalue weighted by Crippen LogP contribution is 2.47. The van der Waals surface area contributed by atoms with Crippen LogP contribution in [0, 0.1) is 16.2 Å². The first kappa shape index (κ1) is 20.4. The molecule has 21 heavy (non-hydrogen) atoms. The fourth-order valence-corrected chi connectivity index (χ4v) is 2.51. The van der Waals surface area contributed by atoms with Crippen LogP contribution >= 0.6 is 0 Å². The summed E-state index contributed by atoms with van der Waals surface area (Å²) in [5.41, 5.74) is -0.484. The highest BCUT2D eigenvalue weighted by Gasteiger charge is 2.47. The lowest BCUT2D eigenvalue weighted by Crippen LogP contribution is -2.44. The summed E-state index contributed by atoms with van der Waals surface area (Å²) in [6.45, 7) is 19.3. The van der Waals surface area contributed by atoms with E-state index in [0.29, 0.717) is 6.61 Å². The molecule has 0 bridgehead atoms. The second-order valence-electron chi connectivity index (χ2n) is 8.56. The van der Waals surface area contributed by atoms with Gasteiger partial charge in [0.25, 0.3) is 0 Å². The van der Waals surface area contributed by atoms with Crippen LogP contribution in [0.2, 0.25) is 0 Å². The summed E-state index contributed by atoms with van der Waals surface area (Å²) < 4.78 is 5.56. The molecule has 0 saturated heterocycles. The minimum Gasteiger partial charge on any atom is -0.464 e. The molecule has 126 valence electrons. The molecule has 1 unspecified atom stereocenters. The first-order valence-corrected chi connectivity index (χ1v) is 8.32. The molecule has 0 aliphatic rings. The van der Waals surface area contributed by atoms with Gasteiger partial charge in [-0.3, -0.25) is 4.79 Å². The quantitative estimate of drug-likeness (QED) is 0.533.